The summed E-state index contributed by atoms with van der Waals surface area (Å²) in [6.45, 7) is 4.41. The van der Waals surface area contributed by atoms with E-state index in [0.29, 0.717) is 6.42 Å². The first-order valence-electron chi connectivity index (χ1n) is 15.0. The fraction of sp³-hybridized carbons (Fsp3) is 0.897. The van der Waals surface area contributed by atoms with Crippen molar-refractivity contribution < 1.29 is 28.0 Å². The van der Waals surface area contributed by atoms with E-state index in [0.717, 1.165) is 38.5 Å². The Morgan fingerprint density at radius 3 is 1.62 bits per heavy atom. The van der Waals surface area contributed by atoms with Gasteiger partial charge in [0.1, 0.15) is 6.10 Å². The molecule has 0 heterocycles. The zero-order chi connectivity index (χ0) is 27.8. The second-order valence-electron chi connectivity index (χ2n) is 10.5. The summed E-state index contributed by atoms with van der Waals surface area (Å²) in [6, 6.07) is -1.22. The van der Waals surface area contributed by atoms with E-state index >= 15 is 0 Å². The van der Waals surface area contributed by atoms with Gasteiger partial charge in [0.2, 0.25) is 5.91 Å². The van der Waals surface area contributed by atoms with Crippen molar-refractivity contribution in [3.8, 4) is 0 Å². The molecular weight excluding hydrogens is 490 g/mol. The van der Waals surface area contributed by atoms with Crippen LogP contribution >= 0.6 is 0 Å². The largest absolute Gasteiger partial charge is 0.387 e. The van der Waals surface area contributed by atoms with Gasteiger partial charge in [-0.1, -0.05) is 135 Å². The van der Waals surface area contributed by atoms with Crippen LogP contribution in [0.4, 0.5) is 0 Å². The molecule has 4 N–H and O–H groups in total. The summed E-state index contributed by atoms with van der Waals surface area (Å²) < 4.78 is 32.1. The Labute approximate surface area is 227 Å². The number of amides is 1. The van der Waals surface area contributed by atoms with Gasteiger partial charge in [0.15, 0.2) is 0 Å². The Morgan fingerprint density at radius 1 is 0.730 bits per heavy atom. The molecule has 0 fully saturated rings. The van der Waals surface area contributed by atoms with Crippen LogP contribution in [-0.4, -0.2) is 53.1 Å². The minimum absolute atomic E-state index is 0.283. The maximum absolute atomic E-state index is 12.4. The van der Waals surface area contributed by atoms with Crippen LogP contribution in [0.1, 0.15) is 142 Å². The van der Waals surface area contributed by atoms with E-state index in [4.69, 9.17) is 0 Å². The molecule has 8 heteroatoms. The Bertz CT molecular complexity index is 667. The van der Waals surface area contributed by atoms with E-state index in [1.807, 2.05) is 0 Å². The van der Waals surface area contributed by atoms with E-state index in [1.54, 1.807) is 6.08 Å². The number of allylic oxidation sites excluding steroid dienone is 1. The highest BCUT2D eigenvalue weighted by atomic mass is 32.2. The fourth-order valence-corrected chi connectivity index (χ4v) is 5.19. The monoisotopic (exact) mass is 547 g/mol. The molecule has 3 unspecified atom stereocenters. The summed E-state index contributed by atoms with van der Waals surface area (Å²) in [6.07, 6.45) is 22.8. The number of carbonyl (C=O) groups excluding carboxylic acids is 1. The molecule has 0 saturated heterocycles. The highest BCUT2D eigenvalue weighted by Crippen LogP contribution is 2.13. The molecule has 0 aliphatic heterocycles. The summed E-state index contributed by atoms with van der Waals surface area (Å²) in [5.74, 6) is -1.54. The molecule has 0 saturated carbocycles. The number of hydrogen-bond donors (Lipinski definition) is 4. The van der Waals surface area contributed by atoms with Crippen LogP contribution in [0.3, 0.4) is 0 Å². The van der Waals surface area contributed by atoms with Gasteiger partial charge in [0.05, 0.1) is 17.9 Å². The number of aliphatic hydroxyl groups excluding tert-OH is 2. The predicted molar refractivity (Wildman–Crippen MR) is 153 cm³/mol. The van der Waals surface area contributed by atoms with E-state index in [1.165, 1.54) is 83.1 Å². The molecule has 0 rings (SSSR count). The Hall–Kier alpha value is -0.960. The summed E-state index contributed by atoms with van der Waals surface area (Å²) in [5.41, 5.74) is 0. The van der Waals surface area contributed by atoms with E-state index in [2.05, 4.69) is 19.2 Å². The molecule has 0 bridgehead atoms. The van der Waals surface area contributed by atoms with Crippen molar-refractivity contribution in [2.45, 2.75) is 161 Å². The molecule has 0 aliphatic carbocycles. The van der Waals surface area contributed by atoms with Crippen molar-refractivity contribution in [1.82, 2.24) is 5.32 Å². The fourth-order valence-electron chi connectivity index (χ4n) is 4.45. The standard InChI is InChI=1S/C29H57NO6S/c1-3-5-7-9-11-13-14-16-17-19-21-23-27(31)26(25-37(34,35)36)30-29(33)28(32)24-22-20-18-15-12-10-8-6-4-2/h21,23,26-28,31-32H,3-20,22,24-25H2,1-2H3,(H,30,33)(H,34,35,36)/b23-21+. The summed E-state index contributed by atoms with van der Waals surface area (Å²) in [7, 11) is -4.42. The lowest BCUT2D eigenvalue weighted by atomic mass is 10.0. The highest BCUT2D eigenvalue weighted by molar-refractivity contribution is 7.85. The predicted octanol–water partition coefficient (Wildman–Crippen LogP) is 6.48. The molecule has 0 radical (unpaired) electrons. The van der Waals surface area contributed by atoms with Gasteiger partial charge < -0.3 is 15.5 Å². The Kier molecular flexibility index (Phi) is 23.5. The van der Waals surface area contributed by atoms with Gasteiger partial charge in [-0.15, -0.1) is 0 Å². The number of aliphatic hydroxyl groups is 2. The molecule has 1 amide bonds. The zero-order valence-corrected chi connectivity index (χ0v) is 24.5. The van der Waals surface area contributed by atoms with Gasteiger partial charge in [-0.25, -0.2) is 0 Å². The number of hydrogen-bond acceptors (Lipinski definition) is 5. The maximum Gasteiger partial charge on any atom is 0.267 e. The Balaban J connectivity index is 4.29. The average molecular weight is 548 g/mol. The lowest BCUT2D eigenvalue weighted by Gasteiger charge is -2.22. The quantitative estimate of drug-likeness (QED) is 0.0558. The van der Waals surface area contributed by atoms with Crippen molar-refractivity contribution in [2.75, 3.05) is 5.75 Å². The van der Waals surface area contributed by atoms with Gasteiger partial charge in [-0.05, 0) is 19.3 Å². The number of carbonyl (C=O) groups is 1. The van der Waals surface area contributed by atoms with Gasteiger partial charge >= 0.3 is 0 Å². The number of rotatable bonds is 26. The van der Waals surface area contributed by atoms with Gasteiger partial charge in [-0.3, -0.25) is 9.35 Å². The summed E-state index contributed by atoms with van der Waals surface area (Å²) in [4.78, 5) is 12.4. The normalized spacial score (nSPS) is 14.6. The van der Waals surface area contributed by atoms with Gasteiger partial charge in [-0.2, -0.15) is 8.42 Å². The maximum atomic E-state index is 12.4. The van der Waals surface area contributed by atoms with E-state index in [9.17, 15) is 28.0 Å². The third kappa shape index (κ3) is 23.9. The molecule has 0 aliphatic rings. The third-order valence-corrected chi connectivity index (χ3v) is 7.60. The van der Waals surface area contributed by atoms with Crippen LogP contribution in [0, 0.1) is 0 Å². The molecule has 3 atom stereocenters. The molecule has 0 aromatic heterocycles. The lowest BCUT2D eigenvalue weighted by molar-refractivity contribution is -0.130. The van der Waals surface area contributed by atoms with Crippen LogP contribution in [0.2, 0.25) is 0 Å². The van der Waals surface area contributed by atoms with Crippen molar-refractivity contribution in [2.24, 2.45) is 0 Å². The van der Waals surface area contributed by atoms with Crippen LogP contribution in [0.15, 0.2) is 12.2 Å². The van der Waals surface area contributed by atoms with Crippen LogP contribution in [0.25, 0.3) is 0 Å². The van der Waals surface area contributed by atoms with E-state index < -0.39 is 40.0 Å². The zero-order valence-electron chi connectivity index (χ0n) is 23.7. The first kappa shape index (κ1) is 36.0. The summed E-state index contributed by atoms with van der Waals surface area (Å²) >= 11 is 0. The van der Waals surface area contributed by atoms with Crippen LogP contribution < -0.4 is 5.32 Å². The topological polar surface area (TPSA) is 124 Å². The second kappa shape index (κ2) is 24.1. The molecule has 0 aromatic carbocycles. The summed E-state index contributed by atoms with van der Waals surface area (Å²) in [5, 5.41) is 23.1. The lowest BCUT2D eigenvalue weighted by Crippen LogP contribution is -2.50. The molecular formula is C29H57NO6S. The van der Waals surface area contributed by atoms with Crippen molar-refractivity contribution in [3.05, 3.63) is 12.2 Å². The van der Waals surface area contributed by atoms with Gasteiger partial charge in [0, 0.05) is 0 Å². The van der Waals surface area contributed by atoms with Crippen molar-refractivity contribution in [1.29, 1.82) is 0 Å². The van der Waals surface area contributed by atoms with Crippen molar-refractivity contribution >= 4 is 16.0 Å². The van der Waals surface area contributed by atoms with Crippen LogP contribution in [0.5, 0.6) is 0 Å². The molecule has 220 valence electrons. The minimum atomic E-state index is -4.42. The smallest absolute Gasteiger partial charge is 0.267 e. The van der Waals surface area contributed by atoms with E-state index in [-0.39, 0.29) is 6.42 Å². The number of unbranched alkanes of at least 4 members (excludes halogenated alkanes) is 17. The minimum Gasteiger partial charge on any atom is -0.387 e. The second-order valence-corrected chi connectivity index (χ2v) is 12.0. The highest BCUT2D eigenvalue weighted by Gasteiger charge is 2.27. The molecule has 0 spiro atoms. The SMILES string of the molecule is CCCCCCCCCCC/C=C/C(O)C(CS(=O)(=O)O)NC(=O)C(O)CCCCCCCCCCC. The third-order valence-electron chi connectivity index (χ3n) is 6.82. The molecule has 0 aromatic rings. The first-order valence-corrected chi connectivity index (χ1v) is 16.6. The first-order chi connectivity index (χ1) is 17.7. The van der Waals surface area contributed by atoms with Crippen LogP contribution in [-0.2, 0) is 14.9 Å². The Morgan fingerprint density at radius 2 is 1.16 bits per heavy atom. The number of nitrogens with one attached hydrogen (secondary N) is 1. The molecule has 37 heavy (non-hydrogen) atoms. The van der Waals surface area contributed by atoms with Gasteiger partial charge in [0.25, 0.3) is 10.1 Å². The molecule has 7 nitrogen and oxygen atoms in total. The van der Waals surface area contributed by atoms with Crippen molar-refractivity contribution in [3.63, 3.8) is 0 Å². The average Bonchev–Trinajstić information content (AvgIpc) is 2.84.